The van der Waals surface area contributed by atoms with Gasteiger partial charge in [0.2, 0.25) is 27.7 Å². The van der Waals surface area contributed by atoms with E-state index in [1.54, 1.807) is 4.72 Å². The first-order valence-corrected chi connectivity index (χ1v) is 10.8. The molecule has 0 radical (unpaired) electrons. The number of sulfonamides is 2. The van der Waals surface area contributed by atoms with Crippen molar-refractivity contribution in [1.82, 2.24) is 19.0 Å². The predicted molar refractivity (Wildman–Crippen MR) is 102 cm³/mol. The van der Waals surface area contributed by atoms with Crippen molar-refractivity contribution in [3.05, 3.63) is 30.3 Å². The molecule has 1 aromatic carbocycles. The summed E-state index contributed by atoms with van der Waals surface area (Å²) in [6.07, 6.45) is 0. The maximum Gasteiger partial charge on any atom is 0.335 e. The highest BCUT2D eigenvalue weighted by molar-refractivity contribution is 7.92. The Bertz CT molecular complexity index is 1100. The molecule has 1 heterocycles. The topological polar surface area (TPSA) is 157 Å². The van der Waals surface area contributed by atoms with Gasteiger partial charge in [0.1, 0.15) is 9.79 Å². The number of benzene rings is 1. The number of anilines is 1. The Kier molecular flexibility index (Phi) is 6.61. The van der Waals surface area contributed by atoms with Gasteiger partial charge in [-0.3, -0.25) is 5.32 Å². The number of methoxy groups -OCH3 is 2. The van der Waals surface area contributed by atoms with Crippen LogP contribution in [0, 0.1) is 0 Å². The number of hydrogen-bond donors (Lipinski definition) is 2. The summed E-state index contributed by atoms with van der Waals surface area (Å²) >= 11 is 0. The molecule has 2 N–H and O–H groups in total. The van der Waals surface area contributed by atoms with E-state index in [9.17, 15) is 21.6 Å². The molecule has 0 saturated heterocycles. The van der Waals surface area contributed by atoms with Gasteiger partial charge >= 0.3 is 6.03 Å². The molecule has 158 valence electrons. The van der Waals surface area contributed by atoms with Crippen LogP contribution in [0.4, 0.5) is 10.7 Å². The van der Waals surface area contributed by atoms with E-state index in [1.165, 1.54) is 46.5 Å². The molecule has 2 aromatic rings. The van der Waals surface area contributed by atoms with Crippen LogP contribution in [-0.4, -0.2) is 65.5 Å². The molecule has 0 bridgehead atoms. The van der Waals surface area contributed by atoms with Crippen molar-refractivity contribution in [1.29, 1.82) is 0 Å². The van der Waals surface area contributed by atoms with E-state index in [4.69, 9.17) is 9.47 Å². The van der Waals surface area contributed by atoms with Gasteiger partial charge in [-0.25, -0.2) is 30.7 Å². The second-order valence-corrected chi connectivity index (χ2v) is 9.34. The van der Waals surface area contributed by atoms with Crippen molar-refractivity contribution in [2.45, 2.75) is 9.79 Å². The van der Waals surface area contributed by atoms with Crippen molar-refractivity contribution in [2.24, 2.45) is 0 Å². The third kappa shape index (κ3) is 5.10. The molecule has 1 aromatic heterocycles. The van der Waals surface area contributed by atoms with Gasteiger partial charge in [0, 0.05) is 14.1 Å². The van der Waals surface area contributed by atoms with Gasteiger partial charge in [-0.2, -0.15) is 9.97 Å². The summed E-state index contributed by atoms with van der Waals surface area (Å²) in [7, 11) is -3.45. The van der Waals surface area contributed by atoms with E-state index in [1.807, 2.05) is 0 Å². The van der Waals surface area contributed by atoms with Crippen molar-refractivity contribution in [2.75, 3.05) is 33.6 Å². The van der Waals surface area contributed by atoms with E-state index in [-0.39, 0.29) is 17.7 Å². The lowest BCUT2D eigenvalue weighted by Crippen LogP contribution is -2.36. The normalized spacial score (nSPS) is 11.8. The Balaban J connectivity index is 2.33. The number of urea groups is 1. The Morgan fingerprint density at radius 2 is 1.48 bits per heavy atom. The molecule has 0 aliphatic carbocycles. The quantitative estimate of drug-likeness (QED) is 0.610. The highest BCUT2D eigenvalue weighted by Gasteiger charge is 2.29. The van der Waals surface area contributed by atoms with Crippen LogP contribution in [0.5, 0.6) is 11.8 Å². The summed E-state index contributed by atoms with van der Waals surface area (Å²) in [4.78, 5) is 18.8. The zero-order chi connectivity index (χ0) is 21.8. The third-order valence-electron chi connectivity index (χ3n) is 3.45. The Morgan fingerprint density at radius 1 is 0.966 bits per heavy atom. The van der Waals surface area contributed by atoms with E-state index < -0.39 is 35.9 Å². The van der Waals surface area contributed by atoms with E-state index in [2.05, 4.69) is 15.3 Å². The molecule has 0 fully saturated rings. The standard InChI is InChI=1S/C15H19N5O7S2/c1-20(2)29(24,25)11-8-6-5-7-10(11)28(22,23)19-15(21)18-14-16-12(26-3)9-13(17-14)27-4/h5-9H,1-4H3,(H2,16,17,18,19,21). The van der Waals surface area contributed by atoms with Gasteiger partial charge in [-0.15, -0.1) is 0 Å². The number of aromatic nitrogens is 2. The van der Waals surface area contributed by atoms with Crippen LogP contribution in [0.15, 0.2) is 40.1 Å². The zero-order valence-electron chi connectivity index (χ0n) is 15.9. The van der Waals surface area contributed by atoms with E-state index in [0.29, 0.717) is 0 Å². The van der Waals surface area contributed by atoms with Gasteiger partial charge in [-0.05, 0) is 12.1 Å². The average molecular weight is 445 g/mol. The first kappa shape index (κ1) is 22.3. The molecule has 0 saturated carbocycles. The number of nitrogens with one attached hydrogen (secondary N) is 2. The van der Waals surface area contributed by atoms with Crippen LogP contribution in [0.1, 0.15) is 0 Å². The molecule has 2 rings (SSSR count). The number of rotatable bonds is 7. The molecule has 0 aliphatic rings. The van der Waals surface area contributed by atoms with Gasteiger partial charge < -0.3 is 9.47 Å². The second-order valence-electron chi connectivity index (χ2n) is 5.57. The maximum absolute atomic E-state index is 12.6. The van der Waals surface area contributed by atoms with Gasteiger partial charge in [0.15, 0.2) is 0 Å². The minimum Gasteiger partial charge on any atom is -0.481 e. The number of ether oxygens (including phenoxy) is 2. The molecule has 0 atom stereocenters. The minimum absolute atomic E-state index is 0.0671. The molecule has 14 heteroatoms. The van der Waals surface area contributed by atoms with E-state index in [0.717, 1.165) is 16.4 Å². The molecule has 29 heavy (non-hydrogen) atoms. The molecule has 2 amide bonds. The smallest absolute Gasteiger partial charge is 0.335 e. The summed E-state index contributed by atoms with van der Waals surface area (Å²) in [5.41, 5.74) is 0. The zero-order valence-corrected chi connectivity index (χ0v) is 17.5. The highest BCUT2D eigenvalue weighted by Crippen LogP contribution is 2.23. The summed E-state index contributed by atoms with van der Waals surface area (Å²) < 4.78 is 62.5. The number of hydrogen-bond acceptors (Lipinski definition) is 9. The molecule has 0 aliphatic heterocycles. The second kappa shape index (κ2) is 8.59. The molecule has 0 spiro atoms. The van der Waals surface area contributed by atoms with Gasteiger partial charge in [0.25, 0.3) is 10.0 Å². The van der Waals surface area contributed by atoms with Crippen molar-refractivity contribution in [3.63, 3.8) is 0 Å². The Morgan fingerprint density at radius 3 is 1.97 bits per heavy atom. The fourth-order valence-corrected chi connectivity index (χ4v) is 4.66. The third-order valence-corrected chi connectivity index (χ3v) is 6.84. The van der Waals surface area contributed by atoms with Crippen molar-refractivity contribution in [3.8, 4) is 11.8 Å². The van der Waals surface area contributed by atoms with Crippen LogP contribution in [0.2, 0.25) is 0 Å². The lowest BCUT2D eigenvalue weighted by molar-refractivity contribution is 0.256. The summed E-state index contributed by atoms with van der Waals surface area (Å²) in [6.45, 7) is 0. The molecular formula is C15H19N5O7S2. The Labute approximate surface area is 168 Å². The van der Waals surface area contributed by atoms with Gasteiger partial charge in [0.05, 0.1) is 20.3 Å². The monoisotopic (exact) mass is 445 g/mol. The van der Waals surface area contributed by atoms with Gasteiger partial charge in [-0.1, -0.05) is 12.1 Å². The SMILES string of the molecule is COc1cc(OC)nc(NC(=O)NS(=O)(=O)c2ccccc2S(=O)(=O)N(C)C)n1. The van der Waals surface area contributed by atoms with Crippen molar-refractivity contribution < 1.29 is 31.1 Å². The fraction of sp³-hybridized carbons (Fsp3) is 0.267. The molecular weight excluding hydrogens is 426 g/mol. The van der Waals surface area contributed by atoms with Crippen LogP contribution in [-0.2, 0) is 20.0 Å². The first-order chi connectivity index (χ1) is 13.5. The highest BCUT2D eigenvalue weighted by atomic mass is 32.2. The fourth-order valence-electron chi connectivity index (χ4n) is 2.06. The van der Waals surface area contributed by atoms with E-state index >= 15 is 0 Å². The molecule has 12 nitrogen and oxygen atoms in total. The number of carbonyl (C=O) groups is 1. The first-order valence-electron chi connectivity index (χ1n) is 7.83. The van der Waals surface area contributed by atoms with Crippen LogP contribution >= 0.6 is 0 Å². The van der Waals surface area contributed by atoms with Crippen molar-refractivity contribution >= 4 is 32.0 Å². The minimum atomic E-state index is -4.54. The van der Waals surface area contributed by atoms with Crippen LogP contribution in [0.3, 0.4) is 0 Å². The number of nitrogens with zero attached hydrogens (tertiary/aromatic N) is 3. The number of carbonyl (C=O) groups excluding carboxylic acids is 1. The van der Waals surface area contributed by atoms with Crippen LogP contribution < -0.4 is 19.5 Å². The maximum atomic E-state index is 12.6. The Hall–Kier alpha value is -2.97. The number of amides is 2. The van der Waals surface area contributed by atoms with Crippen LogP contribution in [0.25, 0.3) is 0 Å². The summed E-state index contributed by atoms with van der Waals surface area (Å²) in [6, 6.07) is 5.03. The lowest BCUT2D eigenvalue weighted by Gasteiger charge is -2.15. The average Bonchev–Trinajstić information content (AvgIpc) is 2.66. The largest absolute Gasteiger partial charge is 0.481 e. The summed E-state index contributed by atoms with van der Waals surface area (Å²) in [5, 5.41) is 2.13. The summed E-state index contributed by atoms with van der Waals surface area (Å²) in [5.74, 6) is -0.155. The lowest BCUT2D eigenvalue weighted by atomic mass is 10.4. The molecule has 0 unspecified atom stereocenters. The predicted octanol–water partition coefficient (Wildman–Crippen LogP) is 0.255.